The van der Waals surface area contributed by atoms with E-state index in [9.17, 15) is 0 Å². The standard InChI is InChI=1S/C22H29ClNOPS/c1-15(24-26(27)21(3,4)16(2)22(26,5)6)17-7-11-19(12-8-17)25-20-13-9-18(23)10-14-20/h7-16H,1-6H3,(H,24,27). The van der Waals surface area contributed by atoms with Gasteiger partial charge in [0.25, 0.3) is 0 Å². The first-order chi connectivity index (χ1) is 12.5. The molecular formula is C22H29ClNOPS. The number of hydrogen-bond acceptors (Lipinski definition) is 2. The summed E-state index contributed by atoms with van der Waals surface area (Å²) in [5.41, 5.74) is 1.23. The number of rotatable bonds is 5. The highest BCUT2D eigenvalue weighted by Crippen LogP contribution is 2.80. The van der Waals surface area contributed by atoms with Crippen LogP contribution in [0.15, 0.2) is 48.5 Å². The van der Waals surface area contributed by atoms with Crippen LogP contribution in [0.3, 0.4) is 0 Å². The second kappa shape index (κ2) is 7.19. The normalized spacial score (nSPS) is 26.9. The maximum absolute atomic E-state index is 6.24. The second-order valence-electron chi connectivity index (χ2n) is 8.61. The van der Waals surface area contributed by atoms with E-state index >= 15 is 0 Å². The summed E-state index contributed by atoms with van der Waals surface area (Å²) in [5.74, 6) is 2.21. The monoisotopic (exact) mass is 421 g/mol. The van der Waals surface area contributed by atoms with Gasteiger partial charge < -0.3 is 4.74 Å². The molecule has 1 saturated heterocycles. The summed E-state index contributed by atoms with van der Waals surface area (Å²) in [6.07, 6.45) is -1.71. The van der Waals surface area contributed by atoms with Crippen LogP contribution in [0.25, 0.3) is 0 Å². The van der Waals surface area contributed by atoms with Crippen molar-refractivity contribution in [2.75, 3.05) is 0 Å². The van der Waals surface area contributed by atoms with Gasteiger partial charge >= 0.3 is 0 Å². The lowest BCUT2D eigenvalue weighted by Gasteiger charge is -2.66. The van der Waals surface area contributed by atoms with Crippen LogP contribution in [0.2, 0.25) is 5.02 Å². The maximum atomic E-state index is 6.24. The van der Waals surface area contributed by atoms with Crippen molar-refractivity contribution in [3.05, 3.63) is 59.1 Å². The molecule has 1 unspecified atom stereocenters. The van der Waals surface area contributed by atoms with Gasteiger partial charge in [-0.15, -0.1) is 0 Å². The highest BCUT2D eigenvalue weighted by atomic mass is 35.5. The molecule has 0 bridgehead atoms. The Hall–Kier alpha value is -0.860. The fourth-order valence-corrected chi connectivity index (χ4v) is 10.2. The summed E-state index contributed by atoms with van der Waals surface area (Å²) >= 11 is 12.2. The average molecular weight is 422 g/mol. The minimum Gasteiger partial charge on any atom is -0.457 e. The fraction of sp³-hybridized carbons (Fsp3) is 0.455. The molecule has 1 aliphatic rings. The van der Waals surface area contributed by atoms with Crippen molar-refractivity contribution >= 4 is 29.6 Å². The molecule has 1 atom stereocenters. The molecule has 1 heterocycles. The van der Waals surface area contributed by atoms with Crippen molar-refractivity contribution < 1.29 is 4.74 Å². The van der Waals surface area contributed by atoms with Crippen LogP contribution in [0.1, 0.15) is 53.1 Å². The Morgan fingerprint density at radius 3 is 1.89 bits per heavy atom. The number of benzene rings is 2. The maximum Gasteiger partial charge on any atom is 0.127 e. The molecule has 146 valence electrons. The van der Waals surface area contributed by atoms with Crippen LogP contribution in [0, 0.1) is 5.92 Å². The van der Waals surface area contributed by atoms with Gasteiger partial charge in [0.1, 0.15) is 11.5 Å². The molecule has 0 radical (unpaired) electrons. The third kappa shape index (κ3) is 3.49. The first-order valence-corrected chi connectivity index (χ1v) is 12.6. The van der Waals surface area contributed by atoms with Gasteiger partial charge in [-0.1, -0.05) is 70.2 Å². The van der Waals surface area contributed by atoms with E-state index in [2.05, 4.69) is 58.8 Å². The van der Waals surface area contributed by atoms with E-state index in [-0.39, 0.29) is 16.4 Å². The molecule has 0 aliphatic carbocycles. The largest absolute Gasteiger partial charge is 0.457 e. The van der Waals surface area contributed by atoms with E-state index < -0.39 is 6.19 Å². The van der Waals surface area contributed by atoms with Gasteiger partial charge in [0.2, 0.25) is 0 Å². The Morgan fingerprint density at radius 2 is 1.41 bits per heavy atom. The number of hydrogen-bond donors (Lipinski definition) is 1. The minimum atomic E-state index is -1.71. The first kappa shape index (κ1) is 20.9. The van der Waals surface area contributed by atoms with Crippen LogP contribution < -0.4 is 9.82 Å². The molecule has 0 aromatic heterocycles. The van der Waals surface area contributed by atoms with Crippen LogP contribution in [-0.4, -0.2) is 10.3 Å². The number of ether oxygens (including phenoxy) is 1. The Bertz CT molecular complexity index is 841. The molecule has 2 nitrogen and oxygen atoms in total. The van der Waals surface area contributed by atoms with Crippen LogP contribution in [0.4, 0.5) is 0 Å². The van der Waals surface area contributed by atoms with E-state index in [1.165, 1.54) is 5.56 Å². The van der Waals surface area contributed by atoms with Crippen molar-refractivity contribution in [3.8, 4) is 11.5 Å². The molecule has 1 aliphatic heterocycles. The zero-order valence-electron chi connectivity index (χ0n) is 16.9. The van der Waals surface area contributed by atoms with Crippen molar-refractivity contribution in [2.45, 2.75) is 57.9 Å². The Morgan fingerprint density at radius 1 is 0.963 bits per heavy atom. The SMILES string of the molecule is CC(NP1(=S)C(C)(C)C(C)C1(C)C)c1ccc(Oc2ccc(Cl)cc2)cc1. The summed E-state index contributed by atoms with van der Waals surface area (Å²) < 4.78 is 5.89. The van der Waals surface area contributed by atoms with Crippen molar-refractivity contribution in [1.82, 2.24) is 5.09 Å². The summed E-state index contributed by atoms with van der Waals surface area (Å²) in [4.78, 5) is 0. The Labute approximate surface area is 173 Å². The van der Waals surface area contributed by atoms with Gasteiger partial charge in [-0.25, -0.2) is 0 Å². The van der Waals surface area contributed by atoms with Gasteiger partial charge in [0.15, 0.2) is 0 Å². The molecule has 1 N–H and O–H groups in total. The summed E-state index contributed by atoms with van der Waals surface area (Å²) in [6.45, 7) is 13.8. The van der Waals surface area contributed by atoms with Gasteiger partial charge in [-0.3, -0.25) is 5.09 Å². The summed E-state index contributed by atoms with van der Waals surface area (Å²) in [7, 11) is 0. The molecule has 0 saturated carbocycles. The zero-order valence-corrected chi connectivity index (χ0v) is 19.4. The van der Waals surface area contributed by atoms with Crippen LogP contribution in [0.5, 0.6) is 11.5 Å². The summed E-state index contributed by atoms with van der Waals surface area (Å²) in [5, 5.41) is 4.93. The van der Waals surface area contributed by atoms with E-state index in [4.69, 9.17) is 28.1 Å². The average Bonchev–Trinajstić information content (AvgIpc) is 2.62. The molecule has 1 fully saturated rings. The molecule has 3 rings (SSSR count). The Balaban J connectivity index is 1.72. The highest BCUT2D eigenvalue weighted by molar-refractivity contribution is 8.15. The van der Waals surface area contributed by atoms with E-state index in [1.807, 2.05) is 36.4 Å². The van der Waals surface area contributed by atoms with Gasteiger partial charge in [-0.2, -0.15) is 0 Å². The fourth-order valence-electron chi connectivity index (χ4n) is 4.23. The predicted molar refractivity (Wildman–Crippen MR) is 121 cm³/mol. The van der Waals surface area contributed by atoms with Gasteiger partial charge in [-0.05, 0) is 54.8 Å². The lowest BCUT2D eigenvalue weighted by molar-refractivity contribution is 0.294. The van der Waals surface area contributed by atoms with Gasteiger partial charge in [0, 0.05) is 27.6 Å². The van der Waals surface area contributed by atoms with Gasteiger partial charge in [0.05, 0.1) is 0 Å². The highest BCUT2D eigenvalue weighted by Gasteiger charge is 2.64. The topological polar surface area (TPSA) is 21.3 Å². The lowest BCUT2D eigenvalue weighted by Crippen LogP contribution is -2.61. The molecule has 2 aromatic carbocycles. The van der Waals surface area contributed by atoms with Crippen molar-refractivity contribution in [1.29, 1.82) is 0 Å². The van der Waals surface area contributed by atoms with Crippen LogP contribution in [-0.2, 0) is 11.8 Å². The molecule has 2 aromatic rings. The van der Waals surface area contributed by atoms with Crippen molar-refractivity contribution in [3.63, 3.8) is 0 Å². The third-order valence-electron chi connectivity index (χ3n) is 6.55. The second-order valence-corrected chi connectivity index (χ2v) is 14.5. The van der Waals surface area contributed by atoms with E-state index in [0.717, 1.165) is 11.5 Å². The minimum absolute atomic E-state index is 0.178. The molecule has 5 heteroatoms. The third-order valence-corrected chi connectivity index (χ3v) is 14.7. The first-order valence-electron chi connectivity index (χ1n) is 9.40. The molecule has 0 spiro atoms. The molecular weight excluding hydrogens is 393 g/mol. The zero-order chi connectivity index (χ0) is 20.0. The summed E-state index contributed by atoms with van der Waals surface area (Å²) in [6, 6.07) is 15.9. The smallest absolute Gasteiger partial charge is 0.127 e. The molecule has 27 heavy (non-hydrogen) atoms. The predicted octanol–water partition coefficient (Wildman–Crippen LogP) is 7.38. The van der Waals surface area contributed by atoms with E-state index in [0.29, 0.717) is 10.9 Å². The number of halogens is 1. The van der Waals surface area contributed by atoms with Crippen molar-refractivity contribution in [2.24, 2.45) is 5.92 Å². The number of nitrogens with one attached hydrogen (secondary N) is 1. The molecule has 0 amide bonds. The lowest BCUT2D eigenvalue weighted by atomic mass is 9.83. The quantitative estimate of drug-likeness (QED) is 0.508. The van der Waals surface area contributed by atoms with E-state index in [1.54, 1.807) is 0 Å². The Kier molecular flexibility index (Phi) is 5.56. The van der Waals surface area contributed by atoms with Crippen LogP contribution >= 0.6 is 17.8 Å².